The van der Waals surface area contributed by atoms with E-state index in [0.717, 1.165) is 19.3 Å². The van der Waals surface area contributed by atoms with Gasteiger partial charge in [0, 0.05) is 19.6 Å². The van der Waals surface area contributed by atoms with Crippen LogP contribution in [0.5, 0.6) is 0 Å². The summed E-state index contributed by atoms with van der Waals surface area (Å²) in [6, 6.07) is -0.681. The normalized spacial score (nSPS) is 24.9. The van der Waals surface area contributed by atoms with E-state index in [2.05, 4.69) is 6.92 Å². The molecule has 0 saturated carbocycles. The molecule has 1 heterocycles. The Kier molecular flexibility index (Phi) is 5.63. The number of carbonyl (C=O) groups is 2. The lowest BCUT2D eigenvalue weighted by molar-refractivity contribution is -0.144. The number of aliphatic carboxylic acids is 1. The second-order valence-corrected chi connectivity index (χ2v) is 5.71. The molecule has 0 spiro atoms. The predicted octanol–water partition coefficient (Wildman–Crippen LogP) is 2.41. The second kappa shape index (κ2) is 6.78. The maximum Gasteiger partial charge on any atom is 0.326 e. The number of urea groups is 1. The van der Waals surface area contributed by atoms with E-state index in [-0.39, 0.29) is 12.1 Å². The van der Waals surface area contributed by atoms with Crippen LogP contribution in [0.3, 0.4) is 0 Å². The van der Waals surface area contributed by atoms with Crippen LogP contribution in [0, 0.1) is 5.92 Å². The molecule has 1 saturated heterocycles. The SMILES string of the molecule is CCCC(C)N(C)C(=O)N1CCC(C)CC1C(=O)O. The van der Waals surface area contributed by atoms with Gasteiger partial charge in [-0.25, -0.2) is 9.59 Å². The molecule has 110 valence electrons. The van der Waals surface area contributed by atoms with E-state index < -0.39 is 12.0 Å². The lowest BCUT2D eigenvalue weighted by atomic mass is 9.92. The van der Waals surface area contributed by atoms with Gasteiger partial charge in [-0.3, -0.25) is 0 Å². The molecule has 1 fully saturated rings. The molecule has 5 nitrogen and oxygen atoms in total. The second-order valence-electron chi connectivity index (χ2n) is 5.71. The van der Waals surface area contributed by atoms with Crippen molar-refractivity contribution in [2.75, 3.05) is 13.6 Å². The molecular weight excluding hydrogens is 244 g/mol. The predicted molar refractivity (Wildman–Crippen MR) is 74.1 cm³/mol. The Morgan fingerprint density at radius 3 is 2.63 bits per heavy atom. The van der Waals surface area contributed by atoms with Gasteiger partial charge in [-0.05, 0) is 32.1 Å². The molecule has 3 atom stereocenters. The first-order valence-electron chi connectivity index (χ1n) is 7.14. The van der Waals surface area contributed by atoms with Crippen LogP contribution in [0.15, 0.2) is 0 Å². The molecule has 3 unspecified atom stereocenters. The highest BCUT2D eigenvalue weighted by atomic mass is 16.4. The minimum atomic E-state index is -0.892. The zero-order chi connectivity index (χ0) is 14.6. The number of hydrogen-bond donors (Lipinski definition) is 1. The quantitative estimate of drug-likeness (QED) is 0.853. The van der Waals surface area contributed by atoms with E-state index in [4.69, 9.17) is 0 Å². The van der Waals surface area contributed by atoms with Crippen molar-refractivity contribution in [3.8, 4) is 0 Å². The standard InChI is InChI=1S/C14H26N2O3/c1-5-6-11(3)15(4)14(19)16-8-7-10(2)9-12(16)13(17)18/h10-12H,5-9H2,1-4H3,(H,17,18). The molecule has 0 aromatic rings. The van der Waals surface area contributed by atoms with E-state index in [0.29, 0.717) is 18.9 Å². The van der Waals surface area contributed by atoms with Crippen molar-refractivity contribution in [1.82, 2.24) is 9.80 Å². The number of nitrogens with zero attached hydrogens (tertiary/aromatic N) is 2. The van der Waals surface area contributed by atoms with Crippen LogP contribution in [-0.4, -0.2) is 52.6 Å². The average molecular weight is 270 g/mol. The summed E-state index contributed by atoms with van der Waals surface area (Å²) in [6.07, 6.45) is 3.38. The smallest absolute Gasteiger partial charge is 0.326 e. The van der Waals surface area contributed by atoms with E-state index in [9.17, 15) is 14.7 Å². The van der Waals surface area contributed by atoms with Gasteiger partial charge >= 0.3 is 12.0 Å². The van der Waals surface area contributed by atoms with Gasteiger partial charge < -0.3 is 14.9 Å². The van der Waals surface area contributed by atoms with Crippen molar-refractivity contribution in [3.05, 3.63) is 0 Å². The Balaban J connectivity index is 2.75. The molecule has 0 aromatic carbocycles. The number of carbonyl (C=O) groups excluding carboxylic acids is 1. The maximum atomic E-state index is 12.4. The Morgan fingerprint density at radius 1 is 1.47 bits per heavy atom. The van der Waals surface area contributed by atoms with Gasteiger partial charge in [-0.15, -0.1) is 0 Å². The Hall–Kier alpha value is -1.26. The first-order chi connectivity index (χ1) is 8.88. The van der Waals surface area contributed by atoms with Gasteiger partial charge in [-0.1, -0.05) is 20.3 Å². The number of amides is 2. The van der Waals surface area contributed by atoms with Crippen molar-refractivity contribution in [3.63, 3.8) is 0 Å². The van der Waals surface area contributed by atoms with Crippen LogP contribution in [0.25, 0.3) is 0 Å². The third kappa shape index (κ3) is 3.85. The third-order valence-electron chi connectivity index (χ3n) is 4.06. The van der Waals surface area contributed by atoms with Crippen LogP contribution < -0.4 is 0 Å². The fourth-order valence-corrected chi connectivity index (χ4v) is 2.61. The fourth-order valence-electron chi connectivity index (χ4n) is 2.61. The van der Waals surface area contributed by atoms with Crippen molar-refractivity contribution in [2.45, 2.75) is 58.5 Å². The first-order valence-corrected chi connectivity index (χ1v) is 7.14. The molecule has 5 heteroatoms. The minimum Gasteiger partial charge on any atom is -0.480 e. The molecule has 1 rings (SSSR count). The van der Waals surface area contributed by atoms with Crippen LogP contribution >= 0.6 is 0 Å². The summed E-state index contributed by atoms with van der Waals surface area (Å²) in [6.45, 7) is 6.67. The summed E-state index contributed by atoms with van der Waals surface area (Å²) < 4.78 is 0. The lowest BCUT2D eigenvalue weighted by Gasteiger charge is -2.39. The molecule has 0 bridgehead atoms. The van der Waals surface area contributed by atoms with Crippen LogP contribution in [-0.2, 0) is 4.79 Å². The lowest BCUT2D eigenvalue weighted by Crippen LogP contribution is -2.55. The Bertz CT molecular complexity index is 333. The van der Waals surface area contributed by atoms with Gasteiger partial charge in [0.2, 0.25) is 0 Å². The number of likely N-dealkylation sites (tertiary alicyclic amines) is 1. The van der Waals surface area contributed by atoms with Crippen LogP contribution in [0.2, 0.25) is 0 Å². The molecule has 0 radical (unpaired) electrons. The maximum absolute atomic E-state index is 12.4. The van der Waals surface area contributed by atoms with Crippen molar-refractivity contribution in [1.29, 1.82) is 0 Å². The number of carboxylic acids is 1. The Morgan fingerprint density at radius 2 is 2.11 bits per heavy atom. The van der Waals surface area contributed by atoms with E-state index >= 15 is 0 Å². The molecule has 1 aliphatic heterocycles. The zero-order valence-electron chi connectivity index (χ0n) is 12.4. The summed E-state index contributed by atoms with van der Waals surface area (Å²) in [4.78, 5) is 26.9. The van der Waals surface area contributed by atoms with E-state index in [1.165, 1.54) is 4.90 Å². The molecular formula is C14H26N2O3. The summed E-state index contributed by atoms with van der Waals surface area (Å²) in [5.41, 5.74) is 0. The highest BCUT2D eigenvalue weighted by Crippen LogP contribution is 2.24. The third-order valence-corrected chi connectivity index (χ3v) is 4.06. The monoisotopic (exact) mass is 270 g/mol. The minimum absolute atomic E-state index is 0.145. The van der Waals surface area contributed by atoms with Crippen LogP contribution in [0.1, 0.15) is 46.5 Å². The van der Waals surface area contributed by atoms with Gasteiger partial charge in [0.25, 0.3) is 0 Å². The number of hydrogen-bond acceptors (Lipinski definition) is 2. The number of piperidine rings is 1. The van der Waals surface area contributed by atoms with E-state index in [1.807, 2.05) is 13.8 Å². The summed E-state index contributed by atoms with van der Waals surface area (Å²) in [5.74, 6) is -0.528. The summed E-state index contributed by atoms with van der Waals surface area (Å²) >= 11 is 0. The Labute approximate surface area is 115 Å². The molecule has 1 aliphatic rings. The first kappa shape index (κ1) is 15.8. The molecule has 1 N–H and O–H groups in total. The molecule has 19 heavy (non-hydrogen) atoms. The zero-order valence-corrected chi connectivity index (χ0v) is 12.4. The highest BCUT2D eigenvalue weighted by molar-refractivity contribution is 5.83. The summed E-state index contributed by atoms with van der Waals surface area (Å²) in [5, 5.41) is 9.29. The number of carboxylic acid groups (broad SMARTS) is 1. The molecule has 2 amide bonds. The molecule has 0 aliphatic carbocycles. The molecule has 0 aromatic heterocycles. The van der Waals surface area contributed by atoms with Crippen molar-refractivity contribution >= 4 is 12.0 Å². The largest absolute Gasteiger partial charge is 0.480 e. The van der Waals surface area contributed by atoms with Gasteiger partial charge in [0.1, 0.15) is 6.04 Å². The van der Waals surface area contributed by atoms with Crippen molar-refractivity contribution in [2.24, 2.45) is 5.92 Å². The van der Waals surface area contributed by atoms with Gasteiger partial charge in [-0.2, -0.15) is 0 Å². The average Bonchev–Trinajstić information content (AvgIpc) is 2.37. The fraction of sp³-hybridized carbons (Fsp3) is 0.857. The summed E-state index contributed by atoms with van der Waals surface area (Å²) in [7, 11) is 1.76. The number of rotatable bonds is 4. The van der Waals surface area contributed by atoms with Gasteiger partial charge in [0.05, 0.1) is 0 Å². The highest BCUT2D eigenvalue weighted by Gasteiger charge is 2.36. The van der Waals surface area contributed by atoms with E-state index in [1.54, 1.807) is 11.9 Å². The van der Waals surface area contributed by atoms with Crippen LogP contribution in [0.4, 0.5) is 4.79 Å². The van der Waals surface area contributed by atoms with Gasteiger partial charge in [0.15, 0.2) is 0 Å². The van der Waals surface area contributed by atoms with Crippen molar-refractivity contribution < 1.29 is 14.7 Å². The topological polar surface area (TPSA) is 60.9 Å².